The summed E-state index contributed by atoms with van der Waals surface area (Å²) in [5, 5.41) is 0. The van der Waals surface area contributed by atoms with E-state index in [9.17, 15) is 9.18 Å². The molecule has 1 amide bonds. The number of rotatable bonds is 3. The highest BCUT2D eigenvalue weighted by atomic mass is 19.1. The second-order valence-corrected chi connectivity index (χ2v) is 6.02. The van der Waals surface area contributed by atoms with Crippen molar-refractivity contribution in [1.82, 2.24) is 9.97 Å². The summed E-state index contributed by atoms with van der Waals surface area (Å²) in [4.78, 5) is 22.9. The number of carbonyl (C=O) groups excluding carboxylic acids is 1. The molecule has 0 unspecified atom stereocenters. The normalized spacial score (nSPS) is 13.9. The van der Waals surface area contributed by atoms with Gasteiger partial charge in [0.15, 0.2) is 5.82 Å². The van der Waals surface area contributed by atoms with Gasteiger partial charge in [0, 0.05) is 23.4 Å². The van der Waals surface area contributed by atoms with E-state index in [4.69, 9.17) is 0 Å². The van der Waals surface area contributed by atoms with Gasteiger partial charge in [-0.3, -0.25) is 9.69 Å². The van der Waals surface area contributed by atoms with Crippen LogP contribution in [0.3, 0.4) is 0 Å². The molecule has 1 aromatic heterocycles. The molecule has 114 valence electrons. The molecule has 0 saturated heterocycles. The second kappa shape index (κ2) is 5.48. The number of carbonyl (C=O) groups is 1. The molecule has 0 bridgehead atoms. The lowest BCUT2D eigenvalue weighted by molar-refractivity contribution is -0.117. The van der Waals surface area contributed by atoms with Gasteiger partial charge in [0.25, 0.3) is 0 Å². The summed E-state index contributed by atoms with van der Waals surface area (Å²) in [6.07, 6.45) is 0.345. The van der Waals surface area contributed by atoms with Crippen molar-refractivity contribution in [2.24, 2.45) is 5.92 Å². The minimum atomic E-state index is -0.325. The van der Waals surface area contributed by atoms with Gasteiger partial charge >= 0.3 is 0 Å². The maximum Gasteiger partial charge on any atom is 0.232 e. The summed E-state index contributed by atoms with van der Waals surface area (Å²) in [6.45, 7) is 6.62. The Balaban J connectivity index is 2.09. The Hall–Kier alpha value is -2.30. The molecule has 0 spiro atoms. The van der Waals surface area contributed by atoms with Gasteiger partial charge in [0.2, 0.25) is 5.91 Å². The van der Waals surface area contributed by atoms with E-state index in [-0.39, 0.29) is 11.7 Å². The van der Waals surface area contributed by atoms with Crippen molar-refractivity contribution in [1.29, 1.82) is 0 Å². The molecule has 3 rings (SSSR count). The van der Waals surface area contributed by atoms with Gasteiger partial charge in [-0.2, -0.15) is 0 Å². The topological polar surface area (TPSA) is 46.1 Å². The number of anilines is 1. The highest BCUT2D eigenvalue weighted by Gasteiger charge is 2.31. The Morgan fingerprint density at radius 1 is 1.32 bits per heavy atom. The average Bonchev–Trinajstić information content (AvgIpc) is 2.76. The van der Waals surface area contributed by atoms with Crippen molar-refractivity contribution in [3.05, 3.63) is 41.3 Å². The number of amides is 1. The van der Waals surface area contributed by atoms with Crippen LogP contribution in [-0.2, 0) is 11.2 Å². The third kappa shape index (κ3) is 2.58. The van der Waals surface area contributed by atoms with Crippen molar-refractivity contribution in [3.63, 3.8) is 0 Å². The van der Waals surface area contributed by atoms with Crippen LogP contribution in [0.1, 0.15) is 25.1 Å². The Morgan fingerprint density at radius 2 is 2.09 bits per heavy atom. The summed E-state index contributed by atoms with van der Waals surface area (Å²) in [5.41, 5.74) is 2.28. The molecule has 22 heavy (non-hydrogen) atoms. The Morgan fingerprint density at radius 3 is 2.77 bits per heavy atom. The largest absolute Gasteiger partial charge is 0.296 e. The molecule has 2 heterocycles. The number of halogens is 1. The molecule has 5 heteroatoms. The highest BCUT2D eigenvalue weighted by Crippen LogP contribution is 2.31. The van der Waals surface area contributed by atoms with E-state index in [1.54, 1.807) is 17.0 Å². The zero-order valence-electron chi connectivity index (χ0n) is 12.9. The van der Waals surface area contributed by atoms with Gasteiger partial charge < -0.3 is 0 Å². The van der Waals surface area contributed by atoms with E-state index >= 15 is 0 Å². The molecule has 1 aromatic carbocycles. The summed E-state index contributed by atoms with van der Waals surface area (Å²) in [6, 6.07) is 6.20. The van der Waals surface area contributed by atoms with Crippen molar-refractivity contribution < 1.29 is 9.18 Å². The minimum absolute atomic E-state index is 0.0532. The number of hydrogen-bond acceptors (Lipinski definition) is 3. The van der Waals surface area contributed by atoms with Gasteiger partial charge in [0.1, 0.15) is 11.6 Å². The van der Waals surface area contributed by atoms with Crippen molar-refractivity contribution in [2.45, 2.75) is 27.2 Å². The van der Waals surface area contributed by atoms with Crippen molar-refractivity contribution in [3.8, 4) is 11.4 Å². The van der Waals surface area contributed by atoms with Gasteiger partial charge in [-0.25, -0.2) is 14.4 Å². The third-order valence-electron chi connectivity index (χ3n) is 3.71. The van der Waals surface area contributed by atoms with Crippen LogP contribution in [0, 0.1) is 18.7 Å². The lowest BCUT2D eigenvalue weighted by atomic mass is 10.1. The number of nitrogens with zero attached hydrogens (tertiary/aromatic N) is 3. The first-order valence-corrected chi connectivity index (χ1v) is 7.39. The Bertz CT molecular complexity index is 743. The average molecular weight is 299 g/mol. The van der Waals surface area contributed by atoms with Gasteiger partial charge in [-0.15, -0.1) is 0 Å². The highest BCUT2D eigenvalue weighted by molar-refractivity contribution is 6.00. The predicted molar refractivity (Wildman–Crippen MR) is 83.1 cm³/mol. The standard InChI is InChI=1S/C17H18FN3O/c1-10(2)9-21-15(22)8-14-11(3)19-16(20-17(14)21)12-5-4-6-13(18)7-12/h4-7,10H,8-9H2,1-3H3. The second-order valence-electron chi connectivity index (χ2n) is 6.02. The predicted octanol–water partition coefficient (Wildman–Crippen LogP) is 3.14. The lowest BCUT2D eigenvalue weighted by Crippen LogP contribution is -2.31. The van der Waals surface area contributed by atoms with Crippen LogP contribution >= 0.6 is 0 Å². The Kier molecular flexibility index (Phi) is 3.64. The molecule has 1 aliphatic heterocycles. The van der Waals surface area contributed by atoms with Crippen LogP contribution in [0.5, 0.6) is 0 Å². The van der Waals surface area contributed by atoms with Gasteiger partial charge in [-0.1, -0.05) is 26.0 Å². The fourth-order valence-electron chi connectivity index (χ4n) is 2.69. The molecule has 4 nitrogen and oxygen atoms in total. The van der Waals surface area contributed by atoms with Crippen molar-refractivity contribution in [2.75, 3.05) is 11.4 Å². The number of hydrogen-bond donors (Lipinski definition) is 0. The molecule has 1 aliphatic rings. The molecular weight excluding hydrogens is 281 g/mol. The Labute approximate surface area is 129 Å². The van der Waals surface area contributed by atoms with E-state index in [1.165, 1.54) is 12.1 Å². The first-order valence-electron chi connectivity index (χ1n) is 7.39. The summed E-state index contributed by atoms with van der Waals surface area (Å²) in [5.74, 6) is 1.21. The monoisotopic (exact) mass is 299 g/mol. The minimum Gasteiger partial charge on any atom is -0.296 e. The summed E-state index contributed by atoms with van der Waals surface area (Å²) in [7, 11) is 0. The van der Waals surface area contributed by atoms with E-state index in [0.717, 1.165) is 11.3 Å². The van der Waals surface area contributed by atoms with E-state index in [1.807, 2.05) is 6.92 Å². The number of fused-ring (bicyclic) bond motifs is 1. The van der Waals surface area contributed by atoms with Crippen molar-refractivity contribution >= 4 is 11.7 Å². The maximum absolute atomic E-state index is 13.4. The molecule has 0 N–H and O–H groups in total. The van der Waals surface area contributed by atoms with Crippen LogP contribution in [-0.4, -0.2) is 22.4 Å². The van der Waals surface area contributed by atoms with E-state index in [2.05, 4.69) is 23.8 Å². The molecule has 0 atom stereocenters. The third-order valence-corrected chi connectivity index (χ3v) is 3.71. The molecule has 0 aliphatic carbocycles. The quantitative estimate of drug-likeness (QED) is 0.874. The number of aryl methyl sites for hydroxylation is 1. The van der Waals surface area contributed by atoms with E-state index in [0.29, 0.717) is 36.1 Å². The number of aromatic nitrogens is 2. The van der Waals surface area contributed by atoms with E-state index < -0.39 is 0 Å². The first kappa shape index (κ1) is 14.6. The van der Waals surface area contributed by atoms with Crippen LogP contribution in [0.2, 0.25) is 0 Å². The van der Waals surface area contributed by atoms with Gasteiger partial charge in [0.05, 0.1) is 6.42 Å². The zero-order chi connectivity index (χ0) is 15.9. The van der Waals surface area contributed by atoms with Gasteiger partial charge in [-0.05, 0) is 25.0 Å². The fraction of sp³-hybridized carbons (Fsp3) is 0.353. The fourth-order valence-corrected chi connectivity index (χ4v) is 2.69. The maximum atomic E-state index is 13.4. The first-order chi connectivity index (χ1) is 10.5. The van der Waals surface area contributed by atoms with Crippen LogP contribution in [0.25, 0.3) is 11.4 Å². The van der Waals surface area contributed by atoms with Crippen LogP contribution < -0.4 is 4.90 Å². The number of benzene rings is 1. The molecule has 0 saturated carbocycles. The molecule has 0 radical (unpaired) electrons. The van der Waals surface area contributed by atoms with Crippen LogP contribution in [0.4, 0.5) is 10.2 Å². The lowest BCUT2D eigenvalue weighted by Gasteiger charge is -2.19. The van der Waals surface area contributed by atoms with Crippen LogP contribution in [0.15, 0.2) is 24.3 Å². The molecule has 0 fully saturated rings. The molecular formula is C17H18FN3O. The molecule has 2 aromatic rings. The SMILES string of the molecule is Cc1nc(-c2cccc(F)c2)nc2c1CC(=O)N2CC(C)C. The summed E-state index contributed by atoms with van der Waals surface area (Å²) >= 11 is 0. The smallest absolute Gasteiger partial charge is 0.232 e. The summed E-state index contributed by atoms with van der Waals surface area (Å²) < 4.78 is 13.4. The zero-order valence-corrected chi connectivity index (χ0v) is 12.9.